The van der Waals surface area contributed by atoms with Gasteiger partial charge in [-0.1, -0.05) is 30.3 Å². The molecule has 2 atom stereocenters. The molecule has 0 radical (unpaired) electrons. The van der Waals surface area contributed by atoms with Gasteiger partial charge in [-0.15, -0.1) is 0 Å². The van der Waals surface area contributed by atoms with Crippen LogP contribution in [0.25, 0.3) is 0 Å². The van der Waals surface area contributed by atoms with E-state index in [4.69, 9.17) is 14.2 Å². The van der Waals surface area contributed by atoms with E-state index in [1.807, 2.05) is 44.2 Å². The van der Waals surface area contributed by atoms with Gasteiger partial charge in [0.25, 0.3) is 0 Å². The van der Waals surface area contributed by atoms with Crippen molar-refractivity contribution >= 4 is 6.09 Å². The molecule has 0 bridgehead atoms. The Hall–Kier alpha value is -1.63. The van der Waals surface area contributed by atoms with Crippen LogP contribution in [0.5, 0.6) is 0 Å². The summed E-state index contributed by atoms with van der Waals surface area (Å²) in [4.78, 5) is 11.7. The number of nitrogens with one attached hydrogen (secondary N) is 1. The lowest BCUT2D eigenvalue weighted by molar-refractivity contribution is -0.145. The molecule has 0 aromatic heterocycles. The lowest BCUT2D eigenvalue weighted by Gasteiger charge is -2.22. The second-order valence-corrected chi connectivity index (χ2v) is 5.75. The summed E-state index contributed by atoms with van der Waals surface area (Å²) in [5.74, 6) is -0.877. The van der Waals surface area contributed by atoms with Crippen molar-refractivity contribution in [1.82, 2.24) is 5.32 Å². The first-order valence-electron chi connectivity index (χ1n) is 7.37. The van der Waals surface area contributed by atoms with E-state index in [0.29, 0.717) is 6.61 Å². The second-order valence-electron chi connectivity index (χ2n) is 5.75. The van der Waals surface area contributed by atoms with Gasteiger partial charge in [0.2, 0.25) is 0 Å². The van der Waals surface area contributed by atoms with Crippen molar-refractivity contribution in [1.29, 1.82) is 0 Å². The van der Waals surface area contributed by atoms with Crippen molar-refractivity contribution in [3.8, 4) is 0 Å². The SMILES string of the molecule is CC1(C)OCC(C(CO)CNC(=O)OCc2ccccc2)O1. The Morgan fingerprint density at radius 2 is 2.18 bits per heavy atom. The van der Waals surface area contributed by atoms with E-state index in [9.17, 15) is 9.90 Å². The molecular formula is C16H23NO5. The number of hydrogen-bond acceptors (Lipinski definition) is 5. The van der Waals surface area contributed by atoms with Crippen molar-refractivity contribution in [2.24, 2.45) is 5.92 Å². The van der Waals surface area contributed by atoms with Crippen LogP contribution < -0.4 is 5.32 Å². The summed E-state index contributed by atoms with van der Waals surface area (Å²) in [6.07, 6.45) is -0.755. The lowest BCUT2D eigenvalue weighted by atomic mass is 10.0. The van der Waals surface area contributed by atoms with Crippen molar-refractivity contribution < 1.29 is 24.1 Å². The van der Waals surface area contributed by atoms with Crippen LogP contribution in [-0.4, -0.2) is 42.8 Å². The molecule has 6 nitrogen and oxygen atoms in total. The number of rotatable bonds is 6. The summed E-state index contributed by atoms with van der Waals surface area (Å²) in [7, 11) is 0. The number of aliphatic hydroxyl groups is 1. The number of amides is 1. The quantitative estimate of drug-likeness (QED) is 0.836. The molecule has 1 heterocycles. The Balaban J connectivity index is 1.72. The summed E-state index contributed by atoms with van der Waals surface area (Å²) in [6.45, 7) is 4.44. The third kappa shape index (κ3) is 4.98. The molecule has 2 N–H and O–H groups in total. The predicted molar refractivity (Wildman–Crippen MR) is 80.1 cm³/mol. The van der Waals surface area contributed by atoms with Crippen LogP contribution >= 0.6 is 0 Å². The molecule has 0 saturated carbocycles. The fourth-order valence-corrected chi connectivity index (χ4v) is 2.25. The van der Waals surface area contributed by atoms with Crippen LogP contribution in [0.4, 0.5) is 4.79 Å². The predicted octanol–water partition coefficient (Wildman–Crippen LogP) is 1.67. The Bertz CT molecular complexity index is 477. The summed E-state index contributed by atoms with van der Waals surface area (Å²) in [5, 5.41) is 12.1. The molecule has 6 heteroatoms. The fraction of sp³-hybridized carbons (Fsp3) is 0.562. The Morgan fingerprint density at radius 3 is 2.77 bits per heavy atom. The number of ether oxygens (including phenoxy) is 3. The maximum absolute atomic E-state index is 11.7. The molecule has 2 unspecified atom stereocenters. The average Bonchev–Trinajstić information content (AvgIpc) is 2.87. The van der Waals surface area contributed by atoms with Crippen molar-refractivity contribution in [2.45, 2.75) is 32.3 Å². The number of hydrogen-bond donors (Lipinski definition) is 2. The van der Waals surface area contributed by atoms with Crippen LogP contribution in [0.3, 0.4) is 0 Å². The summed E-state index contributed by atoms with van der Waals surface area (Å²) < 4.78 is 16.3. The van der Waals surface area contributed by atoms with Crippen LogP contribution in [0.15, 0.2) is 30.3 Å². The van der Waals surface area contributed by atoms with Crippen LogP contribution in [0, 0.1) is 5.92 Å². The third-order valence-corrected chi connectivity index (χ3v) is 3.51. The van der Waals surface area contributed by atoms with E-state index in [-0.39, 0.29) is 31.8 Å². The van der Waals surface area contributed by atoms with Gasteiger partial charge in [-0.3, -0.25) is 0 Å². The number of benzene rings is 1. The monoisotopic (exact) mass is 309 g/mol. The molecule has 1 saturated heterocycles. The van der Waals surface area contributed by atoms with Crippen LogP contribution in [0.2, 0.25) is 0 Å². The highest BCUT2D eigenvalue weighted by atomic mass is 16.7. The fourth-order valence-electron chi connectivity index (χ4n) is 2.25. The molecule has 122 valence electrons. The lowest BCUT2D eigenvalue weighted by Crippen LogP contribution is -2.39. The Kier molecular flexibility index (Phi) is 5.76. The summed E-state index contributed by atoms with van der Waals surface area (Å²) in [6, 6.07) is 9.45. The van der Waals surface area contributed by atoms with E-state index in [1.54, 1.807) is 0 Å². The zero-order valence-corrected chi connectivity index (χ0v) is 13.0. The molecule has 1 aliphatic rings. The first kappa shape index (κ1) is 16.7. The van der Waals surface area contributed by atoms with Gasteiger partial charge < -0.3 is 24.6 Å². The van der Waals surface area contributed by atoms with Crippen molar-refractivity contribution in [3.05, 3.63) is 35.9 Å². The Morgan fingerprint density at radius 1 is 1.45 bits per heavy atom. The molecule has 1 aromatic rings. The number of carbonyl (C=O) groups is 1. The van der Waals surface area contributed by atoms with Gasteiger partial charge in [-0.25, -0.2) is 4.79 Å². The molecular weight excluding hydrogens is 286 g/mol. The molecule has 22 heavy (non-hydrogen) atoms. The summed E-state index contributed by atoms with van der Waals surface area (Å²) in [5.41, 5.74) is 0.922. The van der Waals surface area contributed by atoms with Gasteiger partial charge in [-0.2, -0.15) is 0 Å². The van der Waals surface area contributed by atoms with E-state index in [1.165, 1.54) is 0 Å². The first-order valence-corrected chi connectivity index (χ1v) is 7.37. The highest BCUT2D eigenvalue weighted by Gasteiger charge is 2.37. The van der Waals surface area contributed by atoms with Crippen molar-refractivity contribution in [2.75, 3.05) is 19.8 Å². The maximum atomic E-state index is 11.7. The Labute approximate surface area is 130 Å². The normalized spacial score (nSPS) is 21.3. The van der Waals surface area contributed by atoms with Crippen molar-refractivity contribution in [3.63, 3.8) is 0 Å². The van der Waals surface area contributed by atoms with Gasteiger partial charge >= 0.3 is 6.09 Å². The van der Waals surface area contributed by atoms with Gasteiger partial charge in [0, 0.05) is 12.5 Å². The number of carbonyl (C=O) groups excluding carboxylic acids is 1. The smallest absolute Gasteiger partial charge is 0.407 e. The summed E-state index contributed by atoms with van der Waals surface area (Å²) >= 11 is 0. The molecule has 1 aliphatic heterocycles. The molecule has 0 spiro atoms. The second kappa shape index (κ2) is 7.58. The standard InChI is InChI=1S/C16H23NO5/c1-16(2)21-11-14(22-16)13(9-18)8-17-15(19)20-10-12-6-4-3-5-7-12/h3-7,13-14,18H,8-11H2,1-2H3,(H,17,19). The van der Waals surface area contributed by atoms with Gasteiger partial charge in [0.05, 0.1) is 19.3 Å². The minimum atomic E-state index is -0.647. The van der Waals surface area contributed by atoms with E-state index in [2.05, 4.69) is 5.32 Å². The molecule has 0 aliphatic carbocycles. The zero-order valence-electron chi connectivity index (χ0n) is 13.0. The minimum Gasteiger partial charge on any atom is -0.445 e. The van der Waals surface area contributed by atoms with Gasteiger partial charge in [-0.05, 0) is 19.4 Å². The minimum absolute atomic E-state index is 0.0942. The third-order valence-electron chi connectivity index (χ3n) is 3.51. The maximum Gasteiger partial charge on any atom is 0.407 e. The van der Waals surface area contributed by atoms with Gasteiger partial charge in [0.15, 0.2) is 5.79 Å². The zero-order chi connectivity index (χ0) is 16.0. The van der Waals surface area contributed by atoms with Crippen LogP contribution in [-0.2, 0) is 20.8 Å². The highest BCUT2D eigenvalue weighted by Crippen LogP contribution is 2.26. The number of aliphatic hydroxyl groups excluding tert-OH is 1. The first-order chi connectivity index (χ1) is 10.5. The van der Waals surface area contributed by atoms with E-state index in [0.717, 1.165) is 5.56 Å². The molecule has 1 aromatic carbocycles. The molecule has 2 rings (SSSR count). The van der Waals surface area contributed by atoms with Gasteiger partial charge in [0.1, 0.15) is 6.61 Å². The van der Waals surface area contributed by atoms with Crippen LogP contribution in [0.1, 0.15) is 19.4 Å². The topological polar surface area (TPSA) is 77.0 Å². The average molecular weight is 309 g/mol. The largest absolute Gasteiger partial charge is 0.445 e. The van der Waals surface area contributed by atoms with E-state index >= 15 is 0 Å². The number of alkyl carbamates (subject to hydrolysis) is 1. The molecule has 1 amide bonds. The molecule has 1 fully saturated rings. The highest BCUT2D eigenvalue weighted by molar-refractivity contribution is 5.67. The van der Waals surface area contributed by atoms with E-state index < -0.39 is 11.9 Å².